The van der Waals surface area contributed by atoms with Gasteiger partial charge in [-0.25, -0.2) is 8.42 Å². The van der Waals surface area contributed by atoms with Gasteiger partial charge in [-0.15, -0.1) is 0 Å². The number of hydrogen-bond acceptors (Lipinski definition) is 6. The van der Waals surface area contributed by atoms with Crippen molar-refractivity contribution in [3.05, 3.63) is 59.8 Å². The van der Waals surface area contributed by atoms with Crippen LogP contribution in [0.15, 0.2) is 53.6 Å². The standard InChI is InChI=1S/C24H27NO5S/c1-15-13-17(16(2)23(26)30-24(3,4)5)7-10-21(15)29-22-11-12-25-20-9-8-18(14-19(20)22)31(6,27)28/h7-14,16H,1-6H3. The predicted molar refractivity (Wildman–Crippen MR) is 120 cm³/mol. The van der Waals surface area contributed by atoms with Crippen LogP contribution in [0.3, 0.4) is 0 Å². The Kier molecular flexibility index (Phi) is 6.09. The molecular formula is C24H27NO5S. The van der Waals surface area contributed by atoms with Gasteiger partial charge in [0, 0.05) is 17.8 Å². The zero-order valence-electron chi connectivity index (χ0n) is 18.6. The molecule has 6 nitrogen and oxygen atoms in total. The minimum absolute atomic E-state index is 0.205. The van der Waals surface area contributed by atoms with Crippen molar-refractivity contribution in [1.82, 2.24) is 4.98 Å². The molecule has 0 amide bonds. The minimum atomic E-state index is -3.36. The van der Waals surface area contributed by atoms with E-state index in [0.29, 0.717) is 22.4 Å². The molecule has 0 bridgehead atoms. The molecule has 1 aromatic heterocycles. The number of ether oxygens (including phenoxy) is 2. The quantitative estimate of drug-likeness (QED) is 0.507. The fraction of sp³-hybridized carbons (Fsp3) is 0.333. The third-order valence-electron chi connectivity index (χ3n) is 4.78. The highest BCUT2D eigenvalue weighted by Crippen LogP contribution is 2.33. The summed E-state index contributed by atoms with van der Waals surface area (Å²) in [5, 5.41) is 0.607. The number of pyridine rings is 1. The fourth-order valence-electron chi connectivity index (χ4n) is 3.12. The van der Waals surface area contributed by atoms with Gasteiger partial charge in [-0.3, -0.25) is 9.78 Å². The Balaban J connectivity index is 1.92. The first-order valence-corrected chi connectivity index (χ1v) is 11.8. The van der Waals surface area contributed by atoms with Crippen LogP contribution in [-0.2, 0) is 19.4 Å². The number of benzene rings is 2. The third-order valence-corrected chi connectivity index (χ3v) is 5.89. The molecule has 7 heteroatoms. The van der Waals surface area contributed by atoms with Gasteiger partial charge in [0.2, 0.25) is 0 Å². The number of aryl methyl sites for hydroxylation is 1. The van der Waals surface area contributed by atoms with Crippen molar-refractivity contribution in [2.24, 2.45) is 0 Å². The largest absolute Gasteiger partial charge is 0.460 e. The average molecular weight is 442 g/mol. The van der Waals surface area contributed by atoms with E-state index in [1.165, 1.54) is 12.3 Å². The van der Waals surface area contributed by atoms with E-state index in [0.717, 1.165) is 11.1 Å². The van der Waals surface area contributed by atoms with Crippen LogP contribution in [0, 0.1) is 6.92 Å². The SMILES string of the molecule is Cc1cc(C(C)C(=O)OC(C)(C)C)ccc1Oc1ccnc2ccc(S(C)(=O)=O)cc12. The van der Waals surface area contributed by atoms with Gasteiger partial charge in [-0.1, -0.05) is 12.1 Å². The summed E-state index contributed by atoms with van der Waals surface area (Å²) in [6, 6.07) is 12.0. The number of sulfone groups is 1. The van der Waals surface area contributed by atoms with E-state index in [9.17, 15) is 13.2 Å². The normalized spacial score (nSPS) is 13.1. The Morgan fingerprint density at radius 3 is 2.35 bits per heavy atom. The number of carbonyl (C=O) groups is 1. The summed E-state index contributed by atoms with van der Waals surface area (Å²) in [7, 11) is -3.36. The first-order chi connectivity index (χ1) is 14.3. The highest BCUT2D eigenvalue weighted by atomic mass is 32.2. The Hall–Kier alpha value is -2.93. The van der Waals surface area contributed by atoms with Crippen LogP contribution in [-0.4, -0.2) is 31.2 Å². The van der Waals surface area contributed by atoms with Crippen molar-refractivity contribution in [2.45, 2.75) is 51.0 Å². The third kappa shape index (κ3) is 5.41. The van der Waals surface area contributed by atoms with Crippen LogP contribution in [0.5, 0.6) is 11.5 Å². The van der Waals surface area contributed by atoms with Gasteiger partial charge in [-0.05, 0) is 76.1 Å². The first kappa shape index (κ1) is 22.7. The highest BCUT2D eigenvalue weighted by molar-refractivity contribution is 7.90. The number of aromatic nitrogens is 1. The molecule has 3 aromatic rings. The molecular weight excluding hydrogens is 414 g/mol. The van der Waals surface area contributed by atoms with Gasteiger partial charge in [0.25, 0.3) is 0 Å². The molecule has 0 aliphatic rings. The maximum atomic E-state index is 12.4. The average Bonchev–Trinajstić information content (AvgIpc) is 2.66. The lowest BCUT2D eigenvalue weighted by Crippen LogP contribution is -2.26. The Morgan fingerprint density at radius 2 is 1.74 bits per heavy atom. The molecule has 0 radical (unpaired) electrons. The van der Waals surface area contributed by atoms with E-state index < -0.39 is 21.4 Å². The van der Waals surface area contributed by atoms with Crippen molar-refractivity contribution in [3.8, 4) is 11.5 Å². The monoisotopic (exact) mass is 441 g/mol. The molecule has 1 heterocycles. The number of nitrogens with zero attached hydrogens (tertiary/aromatic N) is 1. The van der Waals surface area contributed by atoms with Crippen molar-refractivity contribution >= 4 is 26.7 Å². The molecule has 1 unspecified atom stereocenters. The molecule has 164 valence electrons. The van der Waals surface area contributed by atoms with Gasteiger partial charge < -0.3 is 9.47 Å². The molecule has 0 saturated heterocycles. The zero-order valence-corrected chi connectivity index (χ0v) is 19.4. The summed E-state index contributed by atoms with van der Waals surface area (Å²) in [5.41, 5.74) is 1.77. The zero-order chi connectivity index (χ0) is 23.0. The van der Waals surface area contributed by atoms with Gasteiger partial charge in [-0.2, -0.15) is 0 Å². The summed E-state index contributed by atoms with van der Waals surface area (Å²) < 4.78 is 35.5. The summed E-state index contributed by atoms with van der Waals surface area (Å²) >= 11 is 0. The van der Waals surface area contributed by atoms with E-state index in [1.54, 1.807) is 30.5 Å². The molecule has 0 fully saturated rings. The van der Waals surface area contributed by atoms with Crippen molar-refractivity contribution in [1.29, 1.82) is 0 Å². The van der Waals surface area contributed by atoms with Crippen LogP contribution in [0.1, 0.15) is 44.7 Å². The van der Waals surface area contributed by atoms with Crippen molar-refractivity contribution in [2.75, 3.05) is 6.26 Å². The Morgan fingerprint density at radius 1 is 1.03 bits per heavy atom. The summed E-state index contributed by atoms with van der Waals surface area (Å²) in [6.07, 6.45) is 2.78. The van der Waals surface area contributed by atoms with Gasteiger partial charge in [0.1, 0.15) is 17.1 Å². The van der Waals surface area contributed by atoms with E-state index in [2.05, 4.69) is 4.98 Å². The number of esters is 1. The second-order valence-electron chi connectivity index (χ2n) is 8.64. The van der Waals surface area contributed by atoms with Gasteiger partial charge in [0.05, 0.1) is 16.3 Å². The van der Waals surface area contributed by atoms with E-state index in [1.807, 2.05) is 46.8 Å². The molecule has 0 spiro atoms. The van der Waals surface area contributed by atoms with Crippen LogP contribution in [0.4, 0.5) is 0 Å². The van der Waals surface area contributed by atoms with E-state index in [-0.39, 0.29) is 10.9 Å². The maximum absolute atomic E-state index is 12.4. The van der Waals surface area contributed by atoms with Gasteiger partial charge >= 0.3 is 5.97 Å². The molecule has 0 aliphatic carbocycles. The fourth-order valence-corrected chi connectivity index (χ4v) is 3.77. The van der Waals surface area contributed by atoms with Crippen molar-refractivity contribution in [3.63, 3.8) is 0 Å². The number of rotatable bonds is 5. The molecule has 0 saturated carbocycles. The highest BCUT2D eigenvalue weighted by Gasteiger charge is 2.23. The summed E-state index contributed by atoms with van der Waals surface area (Å²) in [6.45, 7) is 9.23. The van der Waals surface area contributed by atoms with Crippen LogP contribution in [0.25, 0.3) is 10.9 Å². The predicted octanol–water partition coefficient (Wildman–Crippen LogP) is 5.18. The Labute approximate surface area is 183 Å². The lowest BCUT2D eigenvalue weighted by Gasteiger charge is -2.22. The number of carbonyl (C=O) groups excluding carboxylic acids is 1. The molecule has 1 atom stereocenters. The molecule has 0 aliphatic heterocycles. The number of fused-ring (bicyclic) bond motifs is 1. The lowest BCUT2D eigenvalue weighted by atomic mass is 9.98. The van der Waals surface area contributed by atoms with E-state index >= 15 is 0 Å². The topological polar surface area (TPSA) is 82.6 Å². The second-order valence-corrected chi connectivity index (χ2v) is 10.7. The summed E-state index contributed by atoms with van der Waals surface area (Å²) in [5.74, 6) is 0.420. The molecule has 2 aromatic carbocycles. The van der Waals surface area contributed by atoms with E-state index in [4.69, 9.17) is 9.47 Å². The van der Waals surface area contributed by atoms with Crippen LogP contribution in [0.2, 0.25) is 0 Å². The number of hydrogen-bond donors (Lipinski definition) is 0. The van der Waals surface area contributed by atoms with Crippen molar-refractivity contribution < 1.29 is 22.7 Å². The lowest BCUT2D eigenvalue weighted by molar-refractivity contribution is -0.156. The maximum Gasteiger partial charge on any atom is 0.313 e. The smallest absolute Gasteiger partial charge is 0.313 e. The minimum Gasteiger partial charge on any atom is -0.460 e. The summed E-state index contributed by atoms with van der Waals surface area (Å²) in [4.78, 5) is 16.9. The molecule has 3 rings (SSSR count). The van der Waals surface area contributed by atoms with Crippen LogP contribution >= 0.6 is 0 Å². The van der Waals surface area contributed by atoms with Crippen LogP contribution < -0.4 is 4.74 Å². The molecule has 31 heavy (non-hydrogen) atoms. The Bertz CT molecular complexity index is 1240. The first-order valence-electron chi connectivity index (χ1n) is 9.95. The molecule has 0 N–H and O–H groups in total. The van der Waals surface area contributed by atoms with Gasteiger partial charge in [0.15, 0.2) is 9.84 Å². The second kappa shape index (κ2) is 8.30.